The van der Waals surface area contributed by atoms with Gasteiger partial charge in [-0.3, -0.25) is 0 Å². The molecule has 0 radical (unpaired) electrons. The SMILES string of the molecule is CC1CN(c2ccccc2NC(=O)NC2CCCC2C#N)CC(C)O1. The molecule has 6 nitrogen and oxygen atoms in total. The van der Waals surface area contributed by atoms with Crippen molar-refractivity contribution in [1.29, 1.82) is 5.26 Å². The Morgan fingerprint density at radius 1 is 1.24 bits per heavy atom. The van der Waals surface area contributed by atoms with E-state index in [-0.39, 0.29) is 30.2 Å². The van der Waals surface area contributed by atoms with Crippen LogP contribution >= 0.6 is 0 Å². The third-order valence-corrected chi connectivity index (χ3v) is 4.91. The zero-order valence-electron chi connectivity index (χ0n) is 14.9. The molecule has 1 aliphatic heterocycles. The minimum atomic E-state index is -0.242. The summed E-state index contributed by atoms with van der Waals surface area (Å²) in [6.45, 7) is 5.72. The van der Waals surface area contributed by atoms with Crippen LogP contribution in [0.5, 0.6) is 0 Å². The van der Waals surface area contributed by atoms with E-state index in [2.05, 4.69) is 35.5 Å². The zero-order valence-corrected chi connectivity index (χ0v) is 14.9. The van der Waals surface area contributed by atoms with Gasteiger partial charge in [0.15, 0.2) is 0 Å². The number of benzene rings is 1. The Balaban J connectivity index is 1.68. The van der Waals surface area contributed by atoms with Gasteiger partial charge in [-0.05, 0) is 45.2 Å². The lowest BCUT2D eigenvalue weighted by Gasteiger charge is -2.37. The van der Waals surface area contributed by atoms with Crippen LogP contribution in [0.4, 0.5) is 16.2 Å². The highest BCUT2D eigenvalue weighted by Crippen LogP contribution is 2.29. The van der Waals surface area contributed by atoms with E-state index in [0.717, 1.165) is 43.7 Å². The van der Waals surface area contributed by atoms with Gasteiger partial charge in [0.1, 0.15) is 0 Å². The van der Waals surface area contributed by atoms with Crippen LogP contribution in [0.15, 0.2) is 24.3 Å². The summed E-state index contributed by atoms with van der Waals surface area (Å²) < 4.78 is 5.80. The number of nitriles is 1. The Bertz CT molecular complexity index is 647. The van der Waals surface area contributed by atoms with Gasteiger partial charge >= 0.3 is 6.03 Å². The molecule has 134 valence electrons. The van der Waals surface area contributed by atoms with Gasteiger partial charge in [0.05, 0.1) is 35.6 Å². The van der Waals surface area contributed by atoms with Crippen LogP contribution < -0.4 is 15.5 Å². The number of hydrogen-bond acceptors (Lipinski definition) is 4. The van der Waals surface area contributed by atoms with Crippen molar-refractivity contribution in [3.05, 3.63) is 24.3 Å². The maximum absolute atomic E-state index is 12.4. The van der Waals surface area contributed by atoms with Gasteiger partial charge in [0.25, 0.3) is 0 Å². The second-order valence-corrected chi connectivity index (χ2v) is 7.05. The average Bonchev–Trinajstić information content (AvgIpc) is 3.01. The quantitative estimate of drug-likeness (QED) is 0.885. The third kappa shape index (κ3) is 4.23. The molecular weight excluding hydrogens is 316 g/mol. The molecule has 1 aromatic rings. The summed E-state index contributed by atoms with van der Waals surface area (Å²) in [6, 6.07) is 9.82. The van der Waals surface area contributed by atoms with Gasteiger partial charge in [0, 0.05) is 19.1 Å². The molecule has 1 saturated heterocycles. The predicted octanol–water partition coefficient (Wildman–Crippen LogP) is 3.11. The summed E-state index contributed by atoms with van der Waals surface area (Å²) in [5.74, 6) is -0.0815. The van der Waals surface area contributed by atoms with E-state index >= 15 is 0 Å². The first kappa shape index (κ1) is 17.6. The van der Waals surface area contributed by atoms with Crippen molar-refractivity contribution in [2.24, 2.45) is 5.92 Å². The summed E-state index contributed by atoms with van der Waals surface area (Å²) in [5, 5.41) is 15.1. The molecule has 3 rings (SSSR count). The van der Waals surface area contributed by atoms with Crippen molar-refractivity contribution in [2.45, 2.75) is 51.4 Å². The predicted molar refractivity (Wildman–Crippen MR) is 97.6 cm³/mol. The smallest absolute Gasteiger partial charge is 0.319 e. The van der Waals surface area contributed by atoms with E-state index < -0.39 is 0 Å². The van der Waals surface area contributed by atoms with E-state index in [4.69, 9.17) is 10.00 Å². The number of carbonyl (C=O) groups is 1. The van der Waals surface area contributed by atoms with Gasteiger partial charge in [0.2, 0.25) is 0 Å². The van der Waals surface area contributed by atoms with Crippen molar-refractivity contribution < 1.29 is 9.53 Å². The second-order valence-electron chi connectivity index (χ2n) is 7.05. The first-order valence-corrected chi connectivity index (χ1v) is 9.03. The van der Waals surface area contributed by atoms with E-state index in [1.54, 1.807) is 0 Å². The number of urea groups is 1. The highest BCUT2D eigenvalue weighted by Gasteiger charge is 2.29. The van der Waals surface area contributed by atoms with Crippen molar-refractivity contribution >= 4 is 17.4 Å². The van der Waals surface area contributed by atoms with Crippen molar-refractivity contribution in [3.8, 4) is 6.07 Å². The maximum Gasteiger partial charge on any atom is 0.319 e. The van der Waals surface area contributed by atoms with Gasteiger partial charge in [-0.1, -0.05) is 12.1 Å². The second kappa shape index (κ2) is 7.75. The van der Waals surface area contributed by atoms with E-state index in [1.165, 1.54) is 0 Å². The molecule has 1 aliphatic carbocycles. The largest absolute Gasteiger partial charge is 0.372 e. The van der Waals surface area contributed by atoms with Crippen LogP contribution in [0.2, 0.25) is 0 Å². The summed E-state index contributed by atoms with van der Waals surface area (Å²) in [4.78, 5) is 14.7. The van der Waals surface area contributed by atoms with Crippen LogP contribution in [0.25, 0.3) is 0 Å². The van der Waals surface area contributed by atoms with Gasteiger partial charge in [-0.2, -0.15) is 5.26 Å². The topological polar surface area (TPSA) is 77.4 Å². The molecule has 1 heterocycles. The van der Waals surface area contributed by atoms with E-state index in [0.29, 0.717) is 0 Å². The fourth-order valence-corrected chi connectivity index (χ4v) is 3.84. The summed E-state index contributed by atoms with van der Waals surface area (Å²) in [7, 11) is 0. The van der Waals surface area contributed by atoms with Gasteiger partial charge in [-0.25, -0.2) is 4.79 Å². The first-order chi connectivity index (χ1) is 12.1. The number of amides is 2. The molecule has 2 fully saturated rings. The van der Waals surface area contributed by atoms with E-state index in [9.17, 15) is 4.79 Å². The van der Waals surface area contributed by atoms with Crippen LogP contribution in [-0.4, -0.2) is 37.4 Å². The van der Waals surface area contributed by atoms with Crippen molar-refractivity contribution in [3.63, 3.8) is 0 Å². The highest BCUT2D eigenvalue weighted by molar-refractivity contribution is 5.93. The molecule has 0 spiro atoms. The minimum absolute atomic E-state index is 0.0550. The third-order valence-electron chi connectivity index (χ3n) is 4.91. The monoisotopic (exact) mass is 342 g/mol. The highest BCUT2D eigenvalue weighted by atomic mass is 16.5. The molecule has 0 aromatic heterocycles. The Hall–Kier alpha value is -2.26. The summed E-state index contributed by atoms with van der Waals surface area (Å²) >= 11 is 0. The number of hydrogen-bond donors (Lipinski definition) is 2. The molecule has 2 amide bonds. The molecule has 6 heteroatoms. The Labute approximate surface area is 149 Å². The first-order valence-electron chi connectivity index (χ1n) is 9.03. The molecule has 2 N–H and O–H groups in total. The van der Waals surface area contributed by atoms with Gasteiger partial charge < -0.3 is 20.3 Å². The molecule has 25 heavy (non-hydrogen) atoms. The number of ether oxygens (including phenoxy) is 1. The van der Waals surface area contributed by atoms with Crippen molar-refractivity contribution in [2.75, 3.05) is 23.3 Å². The van der Waals surface area contributed by atoms with Crippen LogP contribution in [0, 0.1) is 17.2 Å². The zero-order chi connectivity index (χ0) is 17.8. The molecule has 1 saturated carbocycles. The lowest BCUT2D eigenvalue weighted by atomic mass is 10.1. The number of rotatable bonds is 3. The van der Waals surface area contributed by atoms with Crippen LogP contribution in [-0.2, 0) is 4.74 Å². The average molecular weight is 342 g/mol. The number of anilines is 2. The normalized spacial score (nSPS) is 29.1. The molecular formula is C19H26N4O2. The Kier molecular flexibility index (Phi) is 5.44. The van der Waals surface area contributed by atoms with Crippen molar-refractivity contribution in [1.82, 2.24) is 5.32 Å². The lowest BCUT2D eigenvalue weighted by molar-refractivity contribution is -0.00517. The van der Waals surface area contributed by atoms with E-state index in [1.807, 2.05) is 24.3 Å². The fourth-order valence-electron chi connectivity index (χ4n) is 3.84. The number of morpholine rings is 1. The molecule has 0 bridgehead atoms. The summed E-state index contributed by atoms with van der Waals surface area (Å²) in [6.07, 6.45) is 3.03. The Morgan fingerprint density at radius 3 is 2.68 bits per heavy atom. The minimum Gasteiger partial charge on any atom is -0.372 e. The lowest BCUT2D eigenvalue weighted by Crippen LogP contribution is -2.46. The fraction of sp³-hybridized carbons (Fsp3) is 0.579. The maximum atomic E-state index is 12.4. The summed E-state index contributed by atoms with van der Waals surface area (Å²) in [5.41, 5.74) is 1.79. The molecule has 4 unspecified atom stereocenters. The van der Waals surface area contributed by atoms with Crippen LogP contribution in [0.1, 0.15) is 33.1 Å². The molecule has 4 atom stereocenters. The molecule has 2 aliphatic rings. The molecule has 1 aromatic carbocycles. The number of nitrogens with one attached hydrogen (secondary N) is 2. The number of carbonyl (C=O) groups excluding carboxylic acids is 1. The Morgan fingerprint density at radius 2 is 1.96 bits per heavy atom. The standard InChI is InChI=1S/C19H26N4O2/c1-13-11-23(12-14(2)25-13)18-9-4-3-7-17(18)22-19(24)21-16-8-5-6-15(16)10-20/h3-4,7,9,13-16H,5-6,8,11-12H2,1-2H3,(H2,21,22,24). The van der Waals surface area contributed by atoms with Gasteiger partial charge in [-0.15, -0.1) is 0 Å². The number of nitrogens with zero attached hydrogens (tertiary/aromatic N) is 2. The van der Waals surface area contributed by atoms with Crippen LogP contribution in [0.3, 0.4) is 0 Å². The number of para-hydroxylation sites is 2.